The Hall–Kier alpha value is -2.99. The highest BCUT2D eigenvalue weighted by atomic mass is 35.5. The molecule has 2 aromatic carbocycles. The van der Waals surface area contributed by atoms with Gasteiger partial charge in [0.15, 0.2) is 0 Å². The molecule has 0 aliphatic heterocycles. The highest BCUT2D eigenvalue weighted by Gasteiger charge is 2.39. The zero-order valence-electron chi connectivity index (χ0n) is 18.1. The molecule has 1 atom stereocenters. The quantitative estimate of drug-likeness (QED) is 0.485. The first-order valence-corrected chi connectivity index (χ1v) is 10.5. The first kappa shape index (κ1) is 22.7. The summed E-state index contributed by atoms with van der Waals surface area (Å²) in [4.78, 5) is 24.8. The number of benzene rings is 2. The van der Waals surface area contributed by atoms with Crippen LogP contribution in [0.2, 0.25) is 5.02 Å². The van der Waals surface area contributed by atoms with Gasteiger partial charge in [-0.3, -0.25) is 5.32 Å². The molecule has 2 N–H and O–H groups in total. The van der Waals surface area contributed by atoms with Crippen molar-refractivity contribution in [3.63, 3.8) is 0 Å². The SMILES string of the molecule is CCC(Cc1ccc(Cl)cc1)(C(=O)O)n1ccc2c(NC(=O)OC(C)(C)C)cccc21. The fraction of sp³-hybridized carbons (Fsp3) is 0.333. The lowest BCUT2D eigenvalue weighted by atomic mass is 9.87. The van der Waals surface area contributed by atoms with E-state index in [1.54, 1.807) is 55.8 Å². The number of carbonyl (C=O) groups is 2. The van der Waals surface area contributed by atoms with E-state index in [1.165, 1.54) is 0 Å². The van der Waals surface area contributed by atoms with Crippen LogP contribution in [0.25, 0.3) is 10.9 Å². The van der Waals surface area contributed by atoms with Gasteiger partial charge in [0.1, 0.15) is 11.1 Å². The van der Waals surface area contributed by atoms with Crippen molar-refractivity contribution in [3.8, 4) is 0 Å². The molecule has 1 amide bonds. The van der Waals surface area contributed by atoms with Crippen molar-refractivity contribution in [1.82, 2.24) is 4.57 Å². The number of carboxylic acid groups (broad SMARTS) is 1. The number of aromatic nitrogens is 1. The van der Waals surface area contributed by atoms with Gasteiger partial charge in [0, 0.05) is 23.0 Å². The van der Waals surface area contributed by atoms with Crippen molar-refractivity contribution in [2.75, 3.05) is 5.32 Å². The topological polar surface area (TPSA) is 80.6 Å². The lowest BCUT2D eigenvalue weighted by molar-refractivity contribution is -0.147. The van der Waals surface area contributed by atoms with Crippen molar-refractivity contribution >= 4 is 40.3 Å². The molecule has 0 saturated heterocycles. The monoisotopic (exact) mass is 442 g/mol. The van der Waals surface area contributed by atoms with Gasteiger partial charge in [0.05, 0.1) is 11.2 Å². The standard InChI is InChI=1S/C24H27ClN2O4/c1-5-24(21(28)29,15-16-9-11-17(25)12-10-16)27-14-13-18-19(7-6-8-20(18)27)26-22(30)31-23(2,3)4/h6-14H,5,15H2,1-4H3,(H,26,30)(H,28,29). The molecule has 1 unspecified atom stereocenters. The lowest BCUT2D eigenvalue weighted by Crippen LogP contribution is -2.43. The minimum atomic E-state index is -1.19. The van der Waals surface area contributed by atoms with Crippen molar-refractivity contribution in [2.24, 2.45) is 0 Å². The van der Waals surface area contributed by atoms with E-state index >= 15 is 0 Å². The third-order valence-electron chi connectivity index (χ3n) is 5.22. The second kappa shape index (κ2) is 8.63. The van der Waals surface area contributed by atoms with Crippen LogP contribution in [0.1, 0.15) is 39.7 Å². The van der Waals surface area contributed by atoms with E-state index in [2.05, 4.69) is 5.32 Å². The Morgan fingerprint density at radius 3 is 2.35 bits per heavy atom. The second-order valence-corrected chi connectivity index (χ2v) is 8.98. The van der Waals surface area contributed by atoms with Crippen LogP contribution < -0.4 is 5.32 Å². The van der Waals surface area contributed by atoms with Crippen LogP contribution in [0.3, 0.4) is 0 Å². The average Bonchev–Trinajstić information content (AvgIpc) is 3.11. The van der Waals surface area contributed by atoms with Crippen molar-refractivity contribution in [1.29, 1.82) is 0 Å². The van der Waals surface area contributed by atoms with Gasteiger partial charge in [-0.15, -0.1) is 0 Å². The first-order chi connectivity index (χ1) is 14.6. The van der Waals surface area contributed by atoms with Crippen LogP contribution in [0.4, 0.5) is 10.5 Å². The van der Waals surface area contributed by atoms with Gasteiger partial charge in [0.2, 0.25) is 0 Å². The van der Waals surface area contributed by atoms with Gasteiger partial charge >= 0.3 is 12.1 Å². The molecule has 1 aromatic heterocycles. The number of rotatable bonds is 6. The number of nitrogens with one attached hydrogen (secondary N) is 1. The molecule has 0 saturated carbocycles. The zero-order valence-corrected chi connectivity index (χ0v) is 18.9. The number of fused-ring (bicyclic) bond motifs is 1. The minimum absolute atomic E-state index is 0.295. The number of carbonyl (C=O) groups excluding carboxylic acids is 1. The fourth-order valence-electron chi connectivity index (χ4n) is 3.71. The average molecular weight is 443 g/mol. The Labute approximate surface area is 186 Å². The molecular weight excluding hydrogens is 416 g/mol. The zero-order chi connectivity index (χ0) is 22.8. The molecule has 6 nitrogen and oxygen atoms in total. The summed E-state index contributed by atoms with van der Waals surface area (Å²) in [6.07, 6.45) is 1.87. The third-order valence-corrected chi connectivity index (χ3v) is 5.47. The molecule has 3 rings (SSSR count). The molecule has 1 heterocycles. The van der Waals surface area contributed by atoms with E-state index in [0.717, 1.165) is 10.9 Å². The normalized spacial score (nSPS) is 13.6. The predicted molar refractivity (Wildman–Crippen MR) is 123 cm³/mol. The van der Waals surface area contributed by atoms with Crippen LogP contribution in [0.15, 0.2) is 54.7 Å². The van der Waals surface area contributed by atoms with Crippen LogP contribution >= 0.6 is 11.6 Å². The number of carboxylic acids is 1. The van der Waals surface area contributed by atoms with Crippen molar-refractivity contribution in [2.45, 2.75) is 51.7 Å². The van der Waals surface area contributed by atoms with E-state index < -0.39 is 23.2 Å². The summed E-state index contributed by atoms with van der Waals surface area (Å²) < 4.78 is 7.13. The van der Waals surface area contributed by atoms with E-state index in [4.69, 9.17) is 16.3 Å². The van der Waals surface area contributed by atoms with Gasteiger partial charge in [-0.05, 0) is 63.1 Å². The van der Waals surface area contributed by atoms with Crippen molar-refractivity contribution < 1.29 is 19.4 Å². The Kier molecular flexibility index (Phi) is 6.32. The van der Waals surface area contributed by atoms with Gasteiger partial charge in [-0.25, -0.2) is 9.59 Å². The van der Waals surface area contributed by atoms with Crippen LogP contribution in [-0.4, -0.2) is 27.3 Å². The number of hydrogen-bond donors (Lipinski definition) is 2. The molecule has 0 spiro atoms. The number of anilines is 1. The van der Waals surface area contributed by atoms with Crippen LogP contribution in [0, 0.1) is 0 Å². The smallest absolute Gasteiger partial charge is 0.412 e. The minimum Gasteiger partial charge on any atom is -0.479 e. The maximum atomic E-state index is 12.5. The number of nitrogens with zero attached hydrogens (tertiary/aromatic N) is 1. The Morgan fingerprint density at radius 1 is 1.10 bits per heavy atom. The summed E-state index contributed by atoms with van der Waals surface area (Å²) in [6.45, 7) is 7.24. The Morgan fingerprint density at radius 2 is 1.77 bits per heavy atom. The van der Waals surface area contributed by atoms with E-state index in [0.29, 0.717) is 29.1 Å². The van der Waals surface area contributed by atoms with Crippen LogP contribution in [0.5, 0.6) is 0 Å². The predicted octanol–water partition coefficient (Wildman–Crippen LogP) is 6.07. The van der Waals surface area contributed by atoms with Crippen molar-refractivity contribution in [3.05, 3.63) is 65.3 Å². The number of amides is 1. The maximum Gasteiger partial charge on any atom is 0.412 e. The molecule has 31 heavy (non-hydrogen) atoms. The number of aliphatic carboxylic acids is 1. The molecule has 0 aliphatic rings. The molecule has 0 aliphatic carbocycles. The summed E-state index contributed by atoms with van der Waals surface area (Å²) in [7, 11) is 0. The summed E-state index contributed by atoms with van der Waals surface area (Å²) in [5.74, 6) is -0.923. The molecule has 3 aromatic rings. The van der Waals surface area contributed by atoms with Gasteiger partial charge in [-0.1, -0.05) is 36.7 Å². The Balaban J connectivity index is 2.04. The molecule has 0 fully saturated rings. The number of ether oxygens (including phenoxy) is 1. The first-order valence-electron chi connectivity index (χ1n) is 10.1. The van der Waals surface area contributed by atoms with Gasteiger partial charge in [-0.2, -0.15) is 0 Å². The second-order valence-electron chi connectivity index (χ2n) is 8.54. The largest absolute Gasteiger partial charge is 0.479 e. The number of halogens is 1. The third kappa shape index (κ3) is 4.85. The van der Waals surface area contributed by atoms with Crippen LogP contribution in [-0.2, 0) is 21.5 Å². The van der Waals surface area contributed by atoms with E-state index in [-0.39, 0.29) is 0 Å². The highest BCUT2D eigenvalue weighted by molar-refractivity contribution is 6.30. The summed E-state index contributed by atoms with van der Waals surface area (Å²) in [6, 6.07) is 14.4. The maximum absolute atomic E-state index is 12.5. The summed E-state index contributed by atoms with van der Waals surface area (Å²) in [5.41, 5.74) is 0.334. The fourth-order valence-corrected chi connectivity index (χ4v) is 3.84. The Bertz CT molecular complexity index is 1100. The number of hydrogen-bond acceptors (Lipinski definition) is 3. The van der Waals surface area contributed by atoms with E-state index in [9.17, 15) is 14.7 Å². The molecule has 164 valence electrons. The molecule has 0 bridgehead atoms. The lowest BCUT2D eigenvalue weighted by Gasteiger charge is -2.31. The van der Waals surface area contributed by atoms with Gasteiger partial charge < -0.3 is 14.4 Å². The van der Waals surface area contributed by atoms with Gasteiger partial charge in [0.25, 0.3) is 0 Å². The summed E-state index contributed by atoms with van der Waals surface area (Å²) in [5, 5.41) is 14.4. The highest BCUT2D eigenvalue weighted by Crippen LogP contribution is 2.34. The molecule has 0 radical (unpaired) electrons. The molecular formula is C24H27ClN2O4. The summed E-state index contributed by atoms with van der Waals surface area (Å²) >= 11 is 5.99. The molecule has 7 heteroatoms. The van der Waals surface area contributed by atoms with E-state index in [1.807, 2.05) is 31.2 Å².